The van der Waals surface area contributed by atoms with Crippen molar-refractivity contribution in [1.82, 2.24) is 19.2 Å². The van der Waals surface area contributed by atoms with Crippen LogP contribution in [-0.4, -0.2) is 33.4 Å². The summed E-state index contributed by atoms with van der Waals surface area (Å²) in [5.74, 6) is 1.50. The molecule has 1 N–H and O–H groups in total. The van der Waals surface area contributed by atoms with Crippen LogP contribution in [0.15, 0.2) is 48.9 Å². The Hall–Kier alpha value is -3.00. The molecular weight excluding hydrogens is 338 g/mol. The lowest BCUT2D eigenvalue weighted by Gasteiger charge is -2.13. The van der Waals surface area contributed by atoms with Gasteiger partial charge in [0.1, 0.15) is 11.5 Å². The molecule has 25 heavy (non-hydrogen) atoms. The number of imidazole rings is 1. The molecule has 0 atom stereocenters. The zero-order valence-corrected chi connectivity index (χ0v) is 14.7. The first kappa shape index (κ1) is 15.5. The molecule has 4 aromatic rings. The standard InChI is InChI=1S/C17H17N5O2S/c1-23-13-5-6-14(15(10-13)24-2)19-11-12-4-3-8-21(12)17-20-22-9-7-18-16(22)25-17/h3-10,19H,11H2,1-2H3. The van der Waals surface area contributed by atoms with Crippen LogP contribution in [0.1, 0.15) is 5.69 Å². The first-order chi connectivity index (χ1) is 12.3. The number of fused-ring (bicyclic) bond motifs is 1. The molecule has 0 bridgehead atoms. The lowest BCUT2D eigenvalue weighted by Crippen LogP contribution is -2.06. The largest absolute Gasteiger partial charge is 0.497 e. The number of benzene rings is 1. The van der Waals surface area contributed by atoms with Crippen molar-refractivity contribution in [2.75, 3.05) is 19.5 Å². The molecule has 0 radical (unpaired) electrons. The number of rotatable bonds is 6. The molecule has 0 amide bonds. The van der Waals surface area contributed by atoms with Crippen LogP contribution >= 0.6 is 11.3 Å². The second kappa shape index (κ2) is 6.48. The van der Waals surface area contributed by atoms with E-state index in [0.717, 1.165) is 33.0 Å². The van der Waals surface area contributed by atoms with E-state index in [2.05, 4.69) is 26.0 Å². The zero-order chi connectivity index (χ0) is 17.2. The van der Waals surface area contributed by atoms with Gasteiger partial charge in [-0.05, 0) is 24.3 Å². The molecule has 3 aromatic heterocycles. The molecule has 0 spiro atoms. The molecule has 0 unspecified atom stereocenters. The van der Waals surface area contributed by atoms with Gasteiger partial charge in [0.25, 0.3) is 0 Å². The molecule has 0 fully saturated rings. The molecule has 4 rings (SSSR count). The highest BCUT2D eigenvalue weighted by Gasteiger charge is 2.11. The first-order valence-electron chi connectivity index (χ1n) is 7.71. The Morgan fingerprint density at radius 1 is 1.16 bits per heavy atom. The first-order valence-corrected chi connectivity index (χ1v) is 8.53. The van der Waals surface area contributed by atoms with E-state index in [-0.39, 0.29) is 0 Å². The van der Waals surface area contributed by atoms with E-state index in [1.54, 1.807) is 36.3 Å². The zero-order valence-electron chi connectivity index (χ0n) is 13.8. The van der Waals surface area contributed by atoms with Crippen molar-refractivity contribution >= 4 is 22.0 Å². The summed E-state index contributed by atoms with van der Waals surface area (Å²) in [4.78, 5) is 5.15. The normalized spacial score (nSPS) is 11.0. The molecule has 0 aliphatic heterocycles. The Kier molecular flexibility index (Phi) is 4.02. The molecule has 7 nitrogen and oxygen atoms in total. The van der Waals surface area contributed by atoms with Gasteiger partial charge < -0.3 is 14.8 Å². The molecular formula is C17H17N5O2S. The van der Waals surface area contributed by atoms with Crippen molar-refractivity contribution < 1.29 is 9.47 Å². The van der Waals surface area contributed by atoms with E-state index in [9.17, 15) is 0 Å². The second-order valence-electron chi connectivity index (χ2n) is 5.33. The summed E-state index contributed by atoms with van der Waals surface area (Å²) in [6, 6.07) is 9.78. The van der Waals surface area contributed by atoms with Crippen LogP contribution in [0.5, 0.6) is 11.5 Å². The van der Waals surface area contributed by atoms with Gasteiger partial charge in [0.2, 0.25) is 10.1 Å². The van der Waals surface area contributed by atoms with Crippen LogP contribution in [0.25, 0.3) is 10.1 Å². The summed E-state index contributed by atoms with van der Waals surface area (Å²) in [6.45, 7) is 0.636. The van der Waals surface area contributed by atoms with E-state index in [1.807, 2.05) is 36.7 Å². The average Bonchev–Trinajstić information content (AvgIpc) is 3.34. The minimum absolute atomic E-state index is 0.636. The summed E-state index contributed by atoms with van der Waals surface area (Å²) in [5, 5.41) is 8.84. The molecule has 0 saturated heterocycles. The summed E-state index contributed by atoms with van der Waals surface area (Å²) in [5.41, 5.74) is 2.00. The van der Waals surface area contributed by atoms with Gasteiger partial charge in [0, 0.05) is 24.2 Å². The molecule has 8 heteroatoms. The molecule has 3 heterocycles. The molecule has 0 aliphatic rings. The maximum absolute atomic E-state index is 5.43. The Bertz CT molecular complexity index is 975. The quantitative estimate of drug-likeness (QED) is 0.575. The average molecular weight is 355 g/mol. The van der Waals surface area contributed by atoms with Gasteiger partial charge >= 0.3 is 0 Å². The summed E-state index contributed by atoms with van der Waals surface area (Å²) in [6.07, 6.45) is 5.59. The number of aromatic nitrogens is 4. The summed E-state index contributed by atoms with van der Waals surface area (Å²) in [7, 11) is 3.29. The number of hydrogen-bond donors (Lipinski definition) is 1. The van der Waals surface area contributed by atoms with E-state index in [4.69, 9.17) is 9.47 Å². The van der Waals surface area contributed by atoms with E-state index in [0.29, 0.717) is 6.54 Å². The van der Waals surface area contributed by atoms with Gasteiger partial charge in [-0.15, -0.1) is 5.10 Å². The van der Waals surface area contributed by atoms with Gasteiger partial charge in [-0.1, -0.05) is 11.3 Å². The Labute approximate surface area is 148 Å². The van der Waals surface area contributed by atoms with Crippen LogP contribution < -0.4 is 14.8 Å². The van der Waals surface area contributed by atoms with Gasteiger partial charge in [0.15, 0.2) is 0 Å². The van der Waals surface area contributed by atoms with Crippen LogP contribution in [0.4, 0.5) is 5.69 Å². The molecule has 1 aromatic carbocycles. The van der Waals surface area contributed by atoms with Crippen molar-refractivity contribution in [3.8, 4) is 16.6 Å². The van der Waals surface area contributed by atoms with Crippen LogP contribution in [-0.2, 0) is 6.54 Å². The Morgan fingerprint density at radius 2 is 2.08 bits per heavy atom. The topological polar surface area (TPSA) is 65.6 Å². The minimum atomic E-state index is 0.636. The Morgan fingerprint density at radius 3 is 2.88 bits per heavy atom. The van der Waals surface area contributed by atoms with E-state index < -0.39 is 0 Å². The number of ether oxygens (including phenoxy) is 2. The number of anilines is 1. The van der Waals surface area contributed by atoms with Gasteiger partial charge in [-0.3, -0.25) is 4.57 Å². The number of nitrogens with zero attached hydrogens (tertiary/aromatic N) is 4. The highest BCUT2D eigenvalue weighted by atomic mass is 32.1. The van der Waals surface area contributed by atoms with Gasteiger partial charge in [0.05, 0.1) is 32.6 Å². The van der Waals surface area contributed by atoms with Crippen LogP contribution in [0, 0.1) is 0 Å². The SMILES string of the molecule is COc1ccc(NCc2cccn2-c2nn3ccnc3s2)c(OC)c1. The lowest BCUT2D eigenvalue weighted by atomic mass is 10.2. The maximum atomic E-state index is 5.43. The number of nitrogens with one attached hydrogen (secondary N) is 1. The van der Waals surface area contributed by atoms with Crippen molar-refractivity contribution in [2.24, 2.45) is 0 Å². The summed E-state index contributed by atoms with van der Waals surface area (Å²) < 4.78 is 14.5. The third kappa shape index (κ3) is 2.91. The fourth-order valence-corrected chi connectivity index (χ4v) is 3.48. The smallest absolute Gasteiger partial charge is 0.216 e. The van der Waals surface area contributed by atoms with Crippen molar-refractivity contribution in [2.45, 2.75) is 6.54 Å². The van der Waals surface area contributed by atoms with E-state index in [1.165, 1.54) is 0 Å². The fraction of sp³-hybridized carbons (Fsp3) is 0.176. The van der Waals surface area contributed by atoms with Crippen LogP contribution in [0.2, 0.25) is 0 Å². The predicted molar refractivity (Wildman–Crippen MR) is 97.1 cm³/mol. The van der Waals surface area contributed by atoms with Gasteiger partial charge in [-0.25, -0.2) is 9.50 Å². The van der Waals surface area contributed by atoms with E-state index >= 15 is 0 Å². The molecule has 0 saturated carbocycles. The highest BCUT2D eigenvalue weighted by Crippen LogP contribution is 2.29. The predicted octanol–water partition coefficient (Wildman–Crippen LogP) is 3.21. The Balaban J connectivity index is 1.56. The second-order valence-corrected chi connectivity index (χ2v) is 6.26. The third-order valence-electron chi connectivity index (χ3n) is 3.87. The highest BCUT2D eigenvalue weighted by molar-refractivity contribution is 7.19. The van der Waals surface area contributed by atoms with Crippen molar-refractivity contribution in [3.05, 3.63) is 54.6 Å². The lowest BCUT2D eigenvalue weighted by molar-refractivity contribution is 0.395. The number of methoxy groups -OCH3 is 2. The van der Waals surface area contributed by atoms with Crippen LogP contribution in [0.3, 0.4) is 0 Å². The summed E-state index contributed by atoms with van der Waals surface area (Å²) >= 11 is 1.54. The monoisotopic (exact) mass is 355 g/mol. The third-order valence-corrected chi connectivity index (χ3v) is 4.81. The molecule has 128 valence electrons. The minimum Gasteiger partial charge on any atom is -0.497 e. The van der Waals surface area contributed by atoms with Crippen molar-refractivity contribution in [1.29, 1.82) is 0 Å². The fourth-order valence-electron chi connectivity index (χ4n) is 2.60. The molecule has 0 aliphatic carbocycles. The van der Waals surface area contributed by atoms with Gasteiger partial charge in [-0.2, -0.15) is 0 Å². The number of hydrogen-bond acceptors (Lipinski definition) is 6. The maximum Gasteiger partial charge on any atom is 0.216 e. The van der Waals surface area contributed by atoms with Crippen molar-refractivity contribution in [3.63, 3.8) is 0 Å².